The summed E-state index contributed by atoms with van der Waals surface area (Å²) < 4.78 is 33.7. The predicted molar refractivity (Wildman–Crippen MR) is 225 cm³/mol. The van der Waals surface area contributed by atoms with Crippen LogP contribution in [0.25, 0.3) is 11.1 Å². The molecule has 1 aliphatic carbocycles. The molecule has 1 heterocycles. The third-order valence-electron chi connectivity index (χ3n) is 9.40. The second kappa shape index (κ2) is 22.2. The summed E-state index contributed by atoms with van der Waals surface area (Å²) in [6.07, 6.45) is 0.763. The minimum absolute atomic E-state index is 0.0355. The smallest absolute Gasteiger partial charge is 0.407 e. The number of halogens is 1. The first kappa shape index (κ1) is 46.3. The number of rotatable bonds is 22. The quantitative estimate of drug-likeness (QED) is 0.0348. The number of fused-ring (bicyclic) bond motifs is 3. The Morgan fingerprint density at radius 3 is 2.16 bits per heavy atom. The number of amides is 2. The van der Waals surface area contributed by atoms with Gasteiger partial charge < -0.3 is 39.1 Å². The number of alkyl halides is 1. The van der Waals surface area contributed by atoms with Crippen LogP contribution in [0.2, 0.25) is 0 Å². The molecule has 4 aromatic rings. The molecule has 0 radical (unpaired) electrons. The molecule has 3 aromatic carbocycles. The third-order valence-corrected chi connectivity index (χ3v) is 10.9. The van der Waals surface area contributed by atoms with Crippen molar-refractivity contribution in [3.8, 4) is 11.1 Å². The molecule has 3 unspecified atom stereocenters. The number of carbonyl (C=O) groups excluding carboxylic acids is 5. The summed E-state index contributed by atoms with van der Waals surface area (Å²) in [7, 11) is 2.44. The Kier molecular flexibility index (Phi) is 16.9. The second-order valence-corrected chi connectivity index (χ2v) is 15.6. The molecule has 0 bridgehead atoms. The number of alkyl carbamates (subject to hydrolysis) is 1. The standard InChI is InChI=1S/C43H48ClN5O11S/c1-27(39(51)55-4)22-60-43(2,3)59-20-19-49-21-29(47-48-49)25-61-26-36(40(52)56-5)45-38(50)35(24-57-41(53)37(44)28-13-7-6-8-14-28)46-42(54)58-23-34-32-17-11-9-15-30(32)31-16-10-12-18-33(31)34/h6-18,21,34-37H,1,19-20,22-26H2,2-5H3,(H,45,50)(H,46,54). The molecule has 2 N–H and O–H groups in total. The molecule has 2 amide bonds. The number of carbonyl (C=O) groups is 5. The molecule has 0 spiro atoms. The number of methoxy groups -OCH3 is 2. The highest BCUT2D eigenvalue weighted by Gasteiger charge is 2.32. The summed E-state index contributed by atoms with van der Waals surface area (Å²) in [5, 5.41) is 12.2. The van der Waals surface area contributed by atoms with Crippen molar-refractivity contribution in [2.45, 2.75) is 55.3 Å². The van der Waals surface area contributed by atoms with Crippen LogP contribution in [0, 0.1) is 0 Å². The van der Waals surface area contributed by atoms with Crippen molar-refractivity contribution in [2.75, 3.05) is 46.4 Å². The number of hydrogen-bond acceptors (Lipinski definition) is 14. The van der Waals surface area contributed by atoms with Crippen LogP contribution >= 0.6 is 23.4 Å². The molecular weight excluding hydrogens is 830 g/mol. The van der Waals surface area contributed by atoms with Crippen molar-refractivity contribution in [2.24, 2.45) is 0 Å². The van der Waals surface area contributed by atoms with Crippen molar-refractivity contribution in [3.05, 3.63) is 120 Å². The van der Waals surface area contributed by atoms with E-state index >= 15 is 0 Å². The first-order chi connectivity index (χ1) is 29.3. The minimum atomic E-state index is -1.49. The second-order valence-electron chi connectivity index (χ2n) is 14.1. The zero-order valence-electron chi connectivity index (χ0n) is 34.2. The molecule has 61 heavy (non-hydrogen) atoms. The van der Waals surface area contributed by atoms with E-state index in [1.165, 1.54) is 26.0 Å². The van der Waals surface area contributed by atoms with E-state index in [1.807, 2.05) is 48.5 Å². The van der Waals surface area contributed by atoms with Crippen molar-refractivity contribution < 1.29 is 52.4 Å². The van der Waals surface area contributed by atoms with Gasteiger partial charge in [0.15, 0.2) is 11.2 Å². The molecule has 0 aliphatic heterocycles. The Morgan fingerprint density at radius 2 is 1.51 bits per heavy atom. The fourth-order valence-electron chi connectivity index (χ4n) is 6.23. The maximum atomic E-state index is 13.8. The van der Waals surface area contributed by atoms with Crippen LogP contribution in [0.1, 0.15) is 47.5 Å². The monoisotopic (exact) mass is 877 g/mol. The maximum absolute atomic E-state index is 13.8. The number of aromatic nitrogens is 3. The lowest BCUT2D eigenvalue weighted by Gasteiger charge is -2.25. The fourth-order valence-corrected chi connectivity index (χ4v) is 7.35. The molecule has 0 saturated heterocycles. The van der Waals surface area contributed by atoms with Crippen LogP contribution in [-0.2, 0) is 59.9 Å². The van der Waals surface area contributed by atoms with E-state index in [9.17, 15) is 24.0 Å². The number of nitrogens with one attached hydrogen (secondary N) is 2. The number of thioether (sulfide) groups is 1. The number of benzene rings is 3. The van der Waals surface area contributed by atoms with Gasteiger partial charge in [0.25, 0.3) is 0 Å². The van der Waals surface area contributed by atoms with E-state index in [0.29, 0.717) is 23.6 Å². The van der Waals surface area contributed by atoms with Crippen LogP contribution in [-0.4, -0.2) is 109 Å². The average Bonchev–Trinajstić information content (AvgIpc) is 3.86. The Morgan fingerprint density at radius 1 is 0.852 bits per heavy atom. The number of nitrogens with zero attached hydrogens (tertiary/aromatic N) is 3. The van der Waals surface area contributed by atoms with E-state index in [0.717, 1.165) is 22.3 Å². The highest BCUT2D eigenvalue weighted by atomic mass is 35.5. The van der Waals surface area contributed by atoms with Crippen molar-refractivity contribution >= 4 is 53.3 Å². The lowest BCUT2D eigenvalue weighted by Crippen LogP contribution is -2.54. The predicted octanol–water partition coefficient (Wildman–Crippen LogP) is 5.10. The van der Waals surface area contributed by atoms with E-state index in [1.54, 1.807) is 55.1 Å². The molecule has 0 saturated carbocycles. The lowest BCUT2D eigenvalue weighted by molar-refractivity contribution is -0.210. The number of hydrogen-bond donors (Lipinski definition) is 2. The Labute approximate surface area is 362 Å². The van der Waals surface area contributed by atoms with Gasteiger partial charge in [0.05, 0.1) is 45.2 Å². The van der Waals surface area contributed by atoms with Gasteiger partial charge in [-0.2, -0.15) is 11.8 Å². The van der Waals surface area contributed by atoms with Crippen molar-refractivity contribution in [1.82, 2.24) is 25.6 Å². The van der Waals surface area contributed by atoms with Crippen LogP contribution in [0.5, 0.6) is 0 Å². The first-order valence-corrected chi connectivity index (χ1v) is 20.8. The molecular formula is C43H48ClN5O11S. The molecule has 1 aromatic heterocycles. The molecule has 18 heteroatoms. The summed E-state index contributed by atoms with van der Waals surface area (Å²) in [4.78, 5) is 64.5. The summed E-state index contributed by atoms with van der Waals surface area (Å²) in [5.74, 6) is -3.92. The molecule has 1 aliphatic rings. The largest absolute Gasteiger partial charge is 0.467 e. The van der Waals surface area contributed by atoms with Crippen molar-refractivity contribution in [1.29, 1.82) is 0 Å². The van der Waals surface area contributed by atoms with E-state index in [4.69, 9.17) is 35.3 Å². The van der Waals surface area contributed by atoms with Gasteiger partial charge in [-0.1, -0.05) is 90.7 Å². The average molecular weight is 878 g/mol. The van der Waals surface area contributed by atoms with E-state index < -0.39 is 59.8 Å². The Hall–Kier alpha value is -5.75. The topological polar surface area (TPSA) is 195 Å². The van der Waals surface area contributed by atoms with Gasteiger partial charge in [-0.05, 0) is 41.7 Å². The minimum Gasteiger partial charge on any atom is -0.467 e. The summed E-state index contributed by atoms with van der Waals surface area (Å²) in [6, 6.07) is 21.5. The number of ether oxygens (including phenoxy) is 6. The number of esters is 3. The van der Waals surface area contributed by atoms with Crippen LogP contribution in [0.4, 0.5) is 4.79 Å². The van der Waals surface area contributed by atoms with Gasteiger partial charge in [-0.25, -0.2) is 19.1 Å². The van der Waals surface area contributed by atoms with Gasteiger partial charge >= 0.3 is 24.0 Å². The van der Waals surface area contributed by atoms with Crippen molar-refractivity contribution in [3.63, 3.8) is 0 Å². The van der Waals surface area contributed by atoms with Gasteiger partial charge in [-0.15, -0.1) is 16.7 Å². The third kappa shape index (κ3) is 13.1. The fraction of sp³-hybridized carbons (Fsp3) is 0.372. The molecule has 3 atom stereocenters. The van der Waals surface area contributed by atoms with Crippen LogP contribution in [0.15, 0.2) is 97.2 Å². The Balaban J connectivity index is 1.17. The molecule has 5 rings (SSSR count). The highest BCUT2D eigenvalue weighted by Crippen LogP contribution is 2.44. The normalized spacial score (nSPS) is 13.5. The van der Waals surface area contributed by atoms with Gasteiger partial charge in [-0.3, -0.25) is 9.59 Å². The zero-order valence-corrected chi connectivity index (χ0v) is 35.7. The molecule has 16 nitrogen and oxygen atoms in total. The summed E-state index contributed by atoms with van der Waals surface area (Å²) in [6.45, 7) is 6.85. The van der Waals surface area contributed by atoms with Gasteiger partial charge in [0.2, 0.25) is 5.91 Å². The summed E-state index contributed by atoms with van der Waals surface area (Å²) in [5.41, 5.74) is 5.29. The zero-order chi connectivity index (χ0) is 43.9. The summed E-state index contributed by atoms with van der Waals surface area (Å²) >= 11 is 7.64. The van der Waals surface area contributed by atoms with Crippen LogP contribution in [0.3, 0.4) is 0 Å². The lowest BCUT2D eigenvalue weighted by atomic mass is 9.98. The van der Waals surface area contributed by atoms with Gasteiger partial charge in [0.1, 0.15) is 25.3 Å². The van der Waals surface area contributed by atoms with E-state index in [-0.39, 0.29) is 37.1 Å². The van der Waals surface area contributed by atoms with E-state index in [2.05, 4.69) is 32.3 Å². The van der Waals surface area contributed by atoms with Crippen LogP contribution < -0.4 is 10.6 Å². The maximum Gasteiger partial charge on any atom is 0.407 e. The SMILES string of the molecule is C=C(COC(C)(C)OCCn1cc(CSCC(NC(=O)C(COC(=O)C(Cl)c2ccccc2)NC(=O)OCC2c3ccccc3-c3ccccc32)C(=O)OC)nn1)C(=O)OC. The molecule has 324 valence electrons. The first-order valence-electron chi connectivity index (χ1n) is 19.2. The Bertz CT molecular complexity index is 2120. The molecule has 0 fully saturated rings. The van der Waals surface area contributed by atoms with Gasteiger partial charge in [0, 0.05) is 23.6 Å². The highest BCUT2D eigenvalue weighted by molar-refractivity contribution is 7.98.